The molecule has 2 heteroatoms. The molecular formula is C21H32O2. The Morgan fingerprint density at radius 1 is 1.04 bits per heavy atom. The molecule has 3 saturated carbocycles. The maximum atomic E-state index is 9.32. The average Bonchev–Trinajstić information content (AvgIpc) is 2.83. The van der Waals surface area contributed by atoms with Crippen LogP contribution < -0.4 is 0 Å². The summed E-state index contributed by atoms with van der Waals surface area (Å²) in [5.41, 5.74) is 1.92. The minimum atomic E-state index is -0.525. The lowest BCUT2D eigenvalue weighted by atomic mass is 9.45. The zero-order chi connectivity index (χ0) is 16.2. The minimum Gasteiger partial charge on any atom is -0.481 e. The molecule has 23 heavy (non-hydrogen) atoms. The van der Waals surface area contributed by atoms with Crippen molar-refractivity contribution in [2.24, 2.45) is 34.5 Å². The molecule has 6 atom stereocenters. The second-order valence-electron chi connectivity index (χ2n) is 9.26. The summed E-state index contributed by atoms with van der Waals surface area (Å²) in [5, 5.41) is 18.6. The summed E-state index contributed by atoms with van der Waals surface area (Å²) < 4.78 is 0. The molecule has 0 bridgehead atoms. The maximum Gasteiger partial charge on any atom is 0.274 e. The lowest BCUT2D eigenvalue weighted by Crippen LogP contribution is -2.52. The number of hydrogen-bond donors (Lipinski definition) is 2. The molecule has 2 N–H and O–H groups in total. The van der Waals surface area contributed by atoms with Crippen molar-refractivity contribution in [1.29, 1.82) is 0 Å². The van der Waals surface area contributed by atoms with Crippen LogP contribution in [0.25, 0.3) is 0 Å². The van der Waals surface area contributed by atoms with Gasteiger partial charge in [0, 0.05) is 6.08 Å². The smallest absolute Gasteiger partial charge is 0.274 e. The second kappa shape index (κ2) is 5.29. The van der Waals surface area contributed by atoms with Gasteiger partial charge in [0.05, 0.1) is 0 Å². The fraction of sp³-hybridized carbons (Fsp3) is 0.810. The predicted octanol–water partition coefficient (Wildman–Crippen LogP) is 5.91. The van der Waals surface area contributed by atoms with E-state index in [2.05, 4.69) is 19.9 Å². The van der Waals surface area contributed by atoms with Crippen LogP contribution in [0.5, 0.6) is 0 Å². The van der Waals surface area contributed by atoms with Crippen LogP contribution >= 0.6 is 0 Å². The SMILES string of the molecule is C[C@]12CCCCC1CC[C@@H]1[C@@H]2CC[C@]2(C)C(C=C(O)O)=CC[C@@H]12. The number of hydrogen-bond acceptors (Lipinski definition) is 2. The molecule has 3 fully saturated rings. The molecule has 0 saturated heterocycles. The molecule has 4 aliphatic rings. The van der Waals surface area contributed by atoms with Crippen molar-refractivity contribution in [1.82, 2.24) is 0 Å². The van der Waals surface area contributed by atoms with Crippen molar-refractivity contribution >= 4 is 0 Å². The maximum absolute atomic E-state index is 9.32. The Bertz CT molecular complexity index is 544. The normalized spacial score (nSPS) is 48.7. The number of allylic oxidation sites excluding steroid dienone is 3. The number of rotatable bonds is 1. The third-order valence-corrected chi connectivity index (χ3v) is 8.51. The van der Waals surface area contributed by atoms with Crippen LogP contribution in [0, 0.1) is 34.5 Å². The molecule has 0 aromatic carbocycles. The van der Waals surface area contributed by atoms with Gasteiger partial charge in [-0.25, -0.2) is 0 Å². The van der Waals surface area contributed by atoms with Gasteiger partial charge in [-0.15, -0.1) is 0 Å². The Morgan fingerprint density at radius 3 is 2.65 bits per heavy atom. The van der Waals surface area contributed by atoms with E-state index < -0.39 is 5.95 Å². The van der Waals surface area contributed by atoms with E-state index in [1.54, 1.807) is 6.08 Å². The molecule has 0 aromatic rings. The molecule has 4 aliphatic carbocycles. The molecule has 0 spiro atoms. The van der Waals surface area contributed by atoms with Gasteiger partial charge in [0.15, 0.2) is 0 Å². The van der Waals surface area contributed by atoms with Gasteiger partial charge in [-0.1, -0.05) is 32.8 Å². The molecule has 0 aliphatic heterocycles. The summed E-state index contributed by atoms with van der Waals surface area (Å²) in [5.74, 6) is 2.90. The van der Waals surface area contributed by atoms with Gasteiger partial charge in [0.25, 0.3) is 5.95 Å². The first-order valence-corrected chi connectivity index (χ1v) is 9.75. The van der Waals surface area contributed by atoms with E-state index in [1.165, 1.54) is 56.9 Å². The zero-order valence-corrected chi connectivity index (χ0v) is 14.7. The molecule has 128 valence electrons. The van der Waals surface area contributed by atoms with Crippen LogP contribution in [-0.2, 0) is 0 Å². The first-order valence-electron chi connectivity index (χ1n) is 9.75. The first-order chi connectivity index (χ1) is 10.9. The van der Waals surface area contributed by atoms with Gasteiger partial charge in [-0.05, 0) is 85.0 Å². The Hall–Kier alpha value is -0.920. The van der Waals surface area contributed by atoms with E-state index in [4.69, 9.17) is 0 Å². The molecular weight excluding hydrogens is 284 g/mol. The van der Waals surface area contributed by atoms with Gasteiger partial charge >= 0.3 is 0 Å². The highest BCUT2D eigenvalue weighted by Crippen LogP contribution is 2.66. The fourth-order valence-corrected chi connectivity index (χ4v) is 7.26. The van der Waals surface area contributed by atoms with Crippen molar-refractivity contribution in [2.75, 3.05) is 0 Å². The third kappa shape index (κ3) is 2.20. The highest BCUT2D eigenvalue weighted by atomic mass is 16.5. The summed E-state index contributed by atoms with van der Waals surface area (Å²) in [6.07, 6.45) is 16.2. The van der Waals surface area contributed by atoms with Gasteiger partial charge < -0.3 is 10.2 Å². The van der Waals surface area contributed by atoms with Crippen LogP contribution in [0.15, 0.2) is 23.7 Å². The van der Waals surface area contributed by atoms with Crippen LogP contribution in [0.1, 0.15) is 71.6 Å². The molecule has 1 unspecified atom stereocenters. The predicted molar refractivity (Wildman–Crippen MR) is 93.2 cm³/mol. The van der Waals surface area contributed by atoms with Crippen molar-refractivity contribution in [3.8, 4) is 0 Å². The standard InChI is InChI=1S/C21H32O2/c1-20-11-4-3-5-14(20)6-8-16-17-9-7-15(13-19(22)23)21(17,2)12-10-18(16)20/h7,13-14,16-18,22-23H,3-6,8-12H2,1-2H3/t14?,16-,17-,18-,20-,21+/m0/s1. The zero-order valence-electron chi connectivity index (χ0n) is 14.7. The minimum absolute atomic E-state index is 0.162. The van der Waals surface area contributed by atoms with E-state index >= 15 is 0 Å². The Morgan fingerprint density at radius 2 is 1.87 bits per heavy atom. The lowest BCUT2D eigenvalue weighted by Gasteiger charge is -2.60. The van der Waals surface area contributed by atoms with Crippen LogP contribution in [-0.4, -0.2) is 10.2 Å². The van der Waals surface area contributed by atoms with Crippen molar-refractivity contribution < 1.29 is 10.2 Å². The topological polar surface area (TPSA) is 40.5 Å². The molecule has 4 rings (SSSR count). The van der Waals surface area contributed by atoms with Crippen molar-refractivity contribution in [3.05, 3.63) is 23.7 Å². The molecule has 0 amide bonds. The highest BCUT2D eigenvalue weighted by Gasteiger charge is 2.57. The van der Waals surface area contributed by atoms with Crippen molar-refractivity contribution in [2.45, 2.75) is 71.6 Å². The summed E-state index contributed by atoms with van der Waals surface area (Å²) in [6.45, 7) is 4.99. The summed E-state index contributed by atoms with van der Waals surface area (Å²) in [4.78, 5) is 0. The van der Waals surface area contributed by atoms with Crippen LogP contribution in [0.3, 0.4) is 0 Å². The van der Waals surface area contributed by atoms with E-state index in [1.807, 2.05) is 0 Å². The summed E-state index contributed by atoms with van der Waals surface area (Å²) >= 11 is 0. The van der Waals surface area contributed by atoms with Gasteiger partial charge in [-0.3, -0.25) is 0 Å². The Kier molecular flexibility index (Phi) is 3.59. The van der Waals surface area contributed by atoms with Gasteiger partial charge in [0.2, 0.25) is 0 Å². The average molecular weight is 316 g/mol. The third-order valence-electron chi connectivity index (χ3n) is 8.51. The van der Waals surface area contributed by atoms with E-state index in [9.17, 15) is 10.2 Å². The molecule has 2 nitrogen and oxygen atoms in total. The Labute approximate surface area is 140 Å². The molecule has 0 aromatic heterocycles. The summed E-state index contributed by atoms with van der Waals surface area (Å²) in [7, 11) is 0. The van der Waals surface area contributed by atoms with E-state index in [0.29, 0.717) is 11.3 Å². The monoisotopic (exact) mass is 316 g/mol. The van der Waals surface area contributed by atoms with E-state index in [0.717, 1.165) is 24.2 Å². The molecule has 0 heterocycles. The molecule has 0 radical (unpaired) electrons. The van der Waals surface area contributed by atoms with Gasteiger partial charge in [0.1, 0.15) is 0 Å². The largest absolute Gasteiger partial charge is 0.481 e. The second-order valence-corrected chi connectivity index (χ2v) is 9.26. The lowest BCUT2D eigenvalue weighted by molar-refractivity contribution is -0.0983. The van der Waals surface area contributed by atoms with Gasteiger partial charge in [-0.2, -0.15) is 0 Å². The summed E-state index contributed by atoms with van der Waals surface area (Å²) in [6, 6.07) is 0. The number of fused-ring (bicyclic) bond motifs is 5. The highest BCUT2D eigenvalue weighted by molar-refractivity contribution is 5.34. The van der Waals surface area contributed by atoms with Crippen LogP contribution in [0.4, 0.5) is 0 Å². The Balaban J connectivity index is 1.62. The first kappa shape index (κ1) is 15.6. The number of aliphatic hydroxyl groups is 2. The number of aliphatic hydroxyl groups excluding tert-OH is 1. The quantitative estimate of drug-likeness (QED) is 0.590. The van der Waals surface area contributed by atoms with E-state index in [-0.39, 0.29) is 5.41 Å². The van der Waals surface area contributed by atoms with Crippen molar-refractivity contribution in [3.63, 3.8) is 0 Å². The fourth-order valence-electron chi connectivity index (χ4n) is 7.26. The van der Waals surface area contributed by atoms with Crippen LogP contribution in [0.2, 0.25) is 0 Å².